The van der Waals surface area contributed by atoms with Gasteiger partial charge in [-0.2, -0.15) is 0 Å². The van der Waals surface area contributed by atoms with E-state index in [2.05, 4.69) is 10.6 Å². The lowest BCUT2D eigenvalue weighted by Crippen LogP contribution is -2.27. The van der Waals surface area contributed by atoms with E-state index in [0.717, 1.165) is 16.7 Å². The van der Waals surface area contributed by atoms with Gasteiger partial charge in [-0.1, -0.05) is 48.5 Å². The number of nitrogen functional groups attached to an aromatic ring is 1. The lowest BCUT2D eigenvalue weighted by atomic mass is 10.1. The molecule has 8 nitrogen and oxygen atoms in total. The van der Waals surface area contributed by atoms with E-state index in [-0.39, 0.29) is 30.7 Å². The van der Waals surface area contributed by atoms with Crippen LogP contribution < -0.4 is 25.8 Å². The topological polar surface area (TPSA) is 116 Å². The van der Waals surface area contributed by atoms with Crippen LogP contribution >= 0.6 is 0 Å². The van der Waals surface area contributed by atoms with E-state index in [9.17, 15) is 9.59 Å². The number of benzene rings is 4. The van der Waals surface area contributed by atoms with Crippen LogP contribution in [-0.4, -0.2) is 25.0 Å². The number of hydrogen-bond donors (Lipinski definition) is 3. The van der Waals surface area contributed by atoms with Crippen molar-refractivity contribution in [2.75, 3.05) is 24.2 Å². The Kier molecular flexibility index (Phi) is 7.73. The van der Waals surface area contributed by atoms with Crippen LogP contribution in [-0.2, 0) is 6.61 Å². The van der Waals surface area contributed by atoms with Crippen LogP contribution in [0, 0.1) is 0 Å². The lowest BCUT2D eigenvalue weighted by Gasteiger charge is -2.09. The number of fused-ring (bicyclic) bond motifs is 1. The summed E-state index contributed by atoms with van der Waals surface area (Å²) in [4.78, 5) is 25.1. The number of para-hydroxylation sites is 4. The number of hydrogen-bond acceptors (Lipinski definition) is 6. The SMILES string of the molecule is Nc1ccccc1NC(=O)c1ccc(OCCNC(=O)c2cc3cccc(COc4ccccc4)c3o2)cc1. The Morgan fingerprint density at radius 3 is 2.31 bits per heavy atom. The highest BCUT2D eigenvalue weighted by molar-refractivity contribution is 6.05. The van der Waals surface area contributed by atoms with Crippen LogP contribution in [0.25, 0.3) is 11.0 Å². The lowest BCUT2D eigenvalue weighted by molar-refractivity contribution is 0.0920. The molecule has 4 aromatic carbocycles. The van der Waals surface area contributed by atoms with Crippen molar-refractivity contribution in [1.82, 2.24) is 5.32 Å². The molecule has 0 saturated heterocycles. The summed E-state index contributed by atoms with van der Waals surface area (Å²) in [5, 5.41) is 6.41. The number of amides is 2. The highest BCUT2D eigenvalue weighted by Crippen LogP contribution is 2.25. The third-order valence-corrected chi connectivity index (χ3v) is 5.97. The first-order valence-corrected chi connectivity index (χ1v) is 12.4. The minimum Gasteiger partial charge on any atom is -0.492 e. The summed E-state index contributed by atoms with van der Waals surface area (Å²) in [6.45, 7) is 0.841. The van der Waals surface area contributed by atoms with Gasteiger partial charge >= 0.3 is 0 Å². The minimum atomic E-state index is -0.336. The number of furan rings is 1. The van der Waals surface area contributed by atoms with E-state index >= 15 is 0 Å². The van der Waals surface area contributed by atoms with Gasteiger partial charge in [0.1, 0.15) is 30.3 Å². The summed E-state index contributed by atoms with van der Waals surface area (Å²) in [6, 6.07) is 30.7. The molecule has 0 spiro atoms. The molecule has 1 heterocycles. The first-order valence-electron chi connectivity index (χ1n) is 12.4. The molecule has 0 unspecified atom stereocenters. The standard InChI is InChI=1S/C31H27N3O5/c32-26-11-4-5-12-27(26)34-30(35)21-13-15-25(16-14-21)37-18-17-33-31(36)28-19-22-7-6-8-23(29(22)39-28)20-38-24-9-2-1-3-10-24/h1-16,19H,17-18,20,32H2,(H,33,36)(H,34,35). The van der Waals surface area contributed by atoms with E-state index in [4.69, 9.17) is 19.6 Å². The van der Waals surface area contributed by atoms with E-state index in [0.29, 0.717) is 34.9 Å². The Bertz CT molecular complexity index is 1580. The number of carbonyl (C=O) groups is 2. The van der Waals surface area contributed by atoms with Crippen molar-refractivity contribution < 1.29 is 23.5 Å². The van der Waals surface area contributed by atoms with Crippen molar-refractivity contribution in [1.29, 1.82) is 0 Å². The van der Waals surface area contributed by atoms with Gasteiger partial charge in [0, 0.05) is 16.5 Å². The molecule has 0 fully saturated rings. The molecule has 196 valence electrons. The number of anilines is 2. The van der Waals surface area contributed by atoms with E-state index < -0.39 is 0 Å². The highest BCUT2D eigenvalue weighted by Gasteiger charge is 2.15. The zero-order valence-corrected chi connectivity index (χ0v) is 21.1. The maximum atomic E-state index is 12.7. The van der Waals surface area contributed by atoms with E-state index in [1.54, 1.807) is 54.6 Å². The molecular weight excluding hydrogens is 494 g/mol. The van der Waals surface area contributed by atoms with Gasteiger partial charge in [-0.25, -0.2) is 0 Å². The van der Waals surface area contributed by atoms with Crippen LogP contribution in [0.4, 0.5) is 11.4 Å². The molecule has 0 atom stereocenters. The highest BCUT2D eigenvalue weighted by atomic mass is 16.5. The molecular formula is C31H27N3O5. The third kappa shape index (κ3) is 6.37. The predicted molar refractivity (Wildman–Crippen MR) is 150 cm³/mol. The first kappa shape index (κ1) is 25.4. The number of rotatable bonds is 10. The zero-order chi connectivity index (χ0) is 27.0. The van der Waals surface area contributed by atoms with Crippen molar-refractivity contribution >= 4 is 34.2 Å². The smallest absolute Gasteiger partial charge is 0.287 e. The molecule has 8 heteroatoms. The molecule has 39 heavy (non-hydrogen) atoms. The average molecular weight is 522 g/mol. The summed E-state index contributed by atoms with van der Waals surface area (Å²) in [6.07, 6.45) is 0. The minimum absolute atomic E-state index is 0.214. The fourth-order valence-corrected chi connectivity index (χ4v) is 3.96. The summed E-state index contributed by atoms with van der Waals surface area (Å²) >= 11 is 0. The van der Waals surface area contributed by atoms with Crippen molar-refractivity contribution in [2.24, 2.45) is 0 Å². The van der Waals surface area contributed by atoms with Crippen LogP contribution in [0.2, 0.25) is 0 Å². The molecule has 5 rings (SSSR count). The van der Waals surface area contributed by atoms with E-state index in [1.165, 1.54) is 0 Å². The Morgan fingerprint density at radius 2 is 1.51 bits per heavy atom. The van der Waals surface area contributed by atoms with Gasteiger partial charge in [0.15, 0.2) is 5.76 Å². The summed E-state index contributed by atoms with van der Waals surface area (Å²) in [5.41, 5.74) is 8.87. The van der Waals surface area contributed by atoms with Crippen LogP contribution in [0.5, 0.6) is 11.5 Å². The molecule has 0 radical (unpaired) electrons. The second-order valence-electron chi connectivity index (χ2n) is 8.72. The molecule has 0 bridgehead atoms. The molecule has 4 N–H and O–H groups in total. The monoisotopic (exact) mass is 521 g/mol. The van der Waals surface area contributed by atoms with Gasteiger partial charge < -0.3 is 30.3 Å². The fourth-order valence-electron chi connectivity index (χ4n) is 3.96. The molecule has 5 aromatic rings. The third-order valence-electron chi connectivity index (χ3n) is 5.97. The average Bonchev–Trinajstić information content (AvgIpc) is 3.41. The molecule has 1 aromatic heterocycles. The summed E-state index contributed by atoms with van der Waals surface area (Å²) < 4.78 is 17.4. The number of nitrogens with two attached hydrogens (primary N) is 1. The molecule has 2 amide bonds. The Morgan fingerprint density at radius 1 is 0.769 bits per heavy atom. The van der Waals surface area contributed by atoms with Gasteiger partial charge in [-0.3, -0.25) is 9.59 Å². The zero-order valence-electron chi connectivity index (χ0n) is 21.1. The Hall–Kier alpha value is -5.24. The van der Waals surface area contributed by atoms with Crippen molar-refractivity contribution in [3.8, 4) is 11.5 Å². The summed E-state index contributed by atoms with van der Waals surface area (Å²) in [7, 11) is 0. The molecule has 0 saturated carbocycles. The second kappa shape index (κ2) is 11.9. The first-order chi connectivity index (χ1) is 19.1. The van der Waals surface area contributed by atoms with Crippen LogP contribution in [0.3, 0.4) is 0 Å². The molecule has 0 aliphatic heterocycles. The Balaban J connectivity index is 1.11. The van der Waals surface area contributed by atoms with Gasteiger partial charge in [-0.05, 0) is 54.6 Å². The quantitative estimate of drug-likeness (QED) is 0.161. The fraction of sp³-hybridized carbons (Fsp3) is 0.0968. The Labute approximate surface area is 225 Å². The van der Waals surface area contributed by atoms with Crippen molar-refractivity contribution in [3.05, 3.63) is 120 Å². The van der Waals surface area contributed by atoms with Crippen molar-refractivity contribution in [3.63, 3.8) is 0 Å². The van der Waals surface area contributed by atoms with Gasteiger partial charge in [0.25, 0.3) is 11.8 Å². The largest absolute Gasteiger partial charge is 0.492 e. The maximum absolute atomic E-state index is 12.7. The normalized spacial score (nSPS) is 10.7. The van der Waals surface area contributed by atoms with Crippen LogP contribution in [0.15, 0.2) is 108 Å². The van der Waals surface area contributed by atoms with Crippen LogP contribution in [0.1, 0.15) is 26.5 Å². The maximum Gasteiger partial charge on any atom is 0.287 e. The second-order valence-corrected chi connectivity index (χ2v) is 8.72. The predicted octanol–water partition coefficient (Wildman–Crippen LogP) is 5.66. The van der Waals surface area contributed by atoms with Gasteiger partial charge in [-0.15, -0.1) is 0 Å². The van der Waals surface area contributed by atoms with Crippen molar-refractivity contribution in [2.45, 2.75) is 6.61 Å². The van der Waals surface area contributed by atoms with Gasteiger partial charge in [0.05, 0.1) is 17.9 Å². The molecule has 0 aliphatic rings. The number of nitrogens with one attached hydrogen (secondary N) is 2. The summed E-state index contributed by atoms with van der Waals surface area (Å²) in [5.74, 6) is 0.942. The number of ether oxygens (including phenoxy) is 2. The number of carbonyl (C=O) groups excluding carboxylic acids is 2. The van der Waals surface area contributed by atoms with E-state index in [1.807, 2.05) is 48.5 Å². The molecule has 0 aliphatic carbocycles. The van der Waals surface area contributed by atoms with Gasteiger partial charge in [0.2, 0.25) is 0 Å².